The molecular weight excluding hydrogens is 236 g/mol. The van der Waals surface area contributed by atoms with Crippen molar-refractivity contribution >= 4 is 23.0 Å². The Labute approximate surface area is 111 Å². The Morgan fingerprint density at radius 3 is 2.67 bits per heavy atom. The lowest BCUT2D eigenvalue weighted by molar-refractivity contribution is 1.34. The van der Waals surface area contributed by atoms with Crippen molar-refractivity contribution in [2.75, 3.05) is 0 Å². The number of allylic oxidation sites excluding steroid dienone is 5. The molecule has 2 aliphatic carbocycles. The van der Waals surface area contributed by atoms with E-state index in [0.29, 0.717) is 0 Å². The molecule has 4 rings (SSSR count). The Morgan fingerprint density at radius 1 is 0.944 bits per heavy atom. The van der Waals surface area contributed by atoms with E-state index in [-0.39, 0.29) is 0 Å². The Balaban J connectivity index is 1.97. The molecule has 1 aromatic heterocycles. The van der Waals surface area contributed by atoms with Crippen molar-refractivity contribution in [2.45, 2.75) is 6.42 Å². The summed E-state index contributed by atoms with van der Waals surface area (Å²) in [5.74, 6) is 0. The molecule has 2 aromatic rings. The van der Waals surface area contributed by atoms with Crippen molar-refractivity contribution in [3.05, 3.63) is 70.6 Å². The van der Waals surface area contributed by atoms with Crippen LogP contribution in [0.25, 0.3) is 22.1 Å². The third-order valence-electron chi connectivity index (χ3n) is 3.52. The van der Waals surface area contributed by atoms with Crippen LogP contribution in [-0.2, 0) is 6.42 Å². The van der Waals surface area contributed by atoms with Crippen LogP contribution in [0.15, 0.2) is 54.6 Å². The Bertz CT molecular complexity index is 697. The van der Waals surface area contributed by atoms with Gasteiger partial charge < -0.3 is 0 Å². The number of rotatable bonds is 1. The van der Waals surface area contributed by atoms with Crippen molar-refractivity contribution in [1.82, 2.24) is 0 Å². The monoisotopic (exact) mass is 248 g/mol. The molecular formula is C17H12S. The summed E-state index contributed by atoms with van der Waals surface area (Å²) in [6, 6.07) is 10.7. The molecule has 1 aromatic carbocycles. The Kier molecular flexibility index (Phi) is 2.14. The van der Waals surface area contributed by atoms with Crippen molar-refractivity contribution < 1.29 is 0 Å². The Hall–Kier alpha value is -1.86. The lowest BCUT2D eigenvalue weighted by atomic mass is 10.0. The number of hydrogen-bond donors (Lipinski definition) is 0. The topological polar surface area (TPSA) is 0 Å². The minimum atomic E-state index is 1.07. The average Bonchev–Trinajstić information content (AvgIpc) is 2.91. The lowest BCUT2D eigenvalue weighted by Gasteiger charge is -2.00. The second-order valence-electron chi connectivity index (χ2n) is 4.60. The minimum absolute atomic E-state index is 1.07. The Morgan fingerprint density at radius 2 is 1.78 bits per heavy atom. The van der Waals surface area contributed by atoms with E-state index in [1.54, 1.807) is 0 Å². The van der Waals surface area contributed by atoms with Crippen LogP contribution in [0.4, 0.5) is 0 Å². The highest BCUT2D eigenvalue weighted by Crippen LogP contribution is 2.45. The standard InChI is InChI=1S/C17H12S/c1-2-7-13(8-3-1)17-14-11-10-12-6-4-5-9-15(18-17)16(12)14/h1-10H,11H2. The zero-order valence-corrected chi connectivity index (χ0v) is 10.7. The first-order valence-electron chi connectivity index (χ1n) is 6.20. The maximum absolute atomic E-state index is 2.34. The van der Waals surface area contributed by atoms with E-state index in [1.807, 2.05) is 11.3 Å². The van der Waals surface area contributed by atoms with Gasteiger partial charge in [-0.15, -0.1) is 11.3 Å². The second-order valence-corrected chi connectivity index (χ2v) is 5.65. The summed E-state index contributed by atoms with van der Waals surface area (Å²) in [5, 5.41) is 0. The number of thiophene rings is 1. The van der Waals surface area contributed by atoms with E-state index in [0.717, 1.165) is 6.42 Å². The largest absolute Gasteiger partial charge is 0.135 e. The zero-order valence-electron chi connectivity index (χ0n) is 9.89. The maximum Gasteiger partial charge on any atom is 0.0390 e. The van der Waals surface area contributed by atoms with Gasteiger partial charge in [-0.2, -0.15) is 0 Å². The van der Waals surface area contributed by atoms with Gasteiger partial charge in [-0.05, 0) is 29.2 Å². The van der Waals surface area contributed by atoms with Gasteiger partial charge in [-0.25, -0.2) is 0 Å². The fourth-order valence-corrected chi connectivity index (χ4v) is 3.98. The SMILES string of the molecule is C1=CC2=CCc3c(-c4ccccc4)sc(c32)C=C1. The molecule has 0 saturated carbocycles. The maximum atomic E-state index is 2.34. The van der Waals surface area contributed by atoms with Crippen LogP contribution in [0.1, 0.15) is 16.0 Å². The van der Waals surface area contributed by atoms with Crippen LogP contribution in [0, 0.1) is 0 Å². The van der Waals surface area contributed by atoms with Crippen LogP contribution in [0.2, 0.25) is 0 Å². The molecule has 0 bridgehead atoms. The van der Waals surface area contributed by atoms with Crippen LogP contribution in [-0.4, -0.2) is 0 Å². The molecule has 0 fully saturated rings. The molecule has 0 aliphatic heterocycles. The van der Waals surface area contributed by atoms with Crippen molar-refractivity contribution in [2.24, 2.45) is 0 Å². The van der Waals surface area contributed by atoms with Gasteiger partial charge in [0.05, 0.1) is 0 Å². The predicted molar refractivity (Wildman–Crippen MR) is 79.6 cm³/mol. The molecule has 0 atom stereocenters. The second kappa shape index (κ2) is 3.82. The summed E-state index contributed by atoms with van der Waals surface area (Å²) in [7, 11) is 0. The van der Waals surface area contributed by atoms with Gasteiger partial charge in [0.15, 0.2) is 0 Å². The van der Waals surface area contributed by atoms with E-state index in [9.17, 15) is 0 Å². The van der Waals surface area contributed by atoms with Crippen LogP contribution < -0.4 is 0 Å². The number of benzene rings is 1. The number of hydrogen-bond acceptors (Lipinski definition) is 1. The van der Waals surface area contributed by atoms with Gasteiger partial charge in [0.2, 0.25) is 0 Å². The molecule has 0 unspecified atom stereocenters. The highest BCUT2D eigenvalue weighted by molar-refractivity contribution is 7.17. The van der Waals surface area contributed by atoms with E-state index >= 15 is 0 Å². The summed E-state index contributed by atoms with van der Waals surface area (Å²) >= 11 is 1.92. The molecule has 0 spiro atoms. The molecule has 0 nitrogen and oxygen atoms in total. The normalized spacial score (nSPS) is 15.4. The fraction of sp³-hybridized carbons (Fsp3) is 0.0588. The van der Waals surface area contributed by atoms with Crippen LogP contribution in [0.3, 0.4) is 0 Å². The molecule has 86 valence electrons. The molecule has 0 radical (unpaired) electrons. The van der Waals surface area contributed by atoms with E-state index in [2.05, 4.69) is 60.7 Å². The highest BCUT2D eigenvalue weighted by atomic mass is 32.1. The fourth-order valence-electron chi connectivity index (χ4n) is 2.70. The third-order valence-corrected chi connectivity index (χ3v) is 4.77. The molecule has 1 heterocycles. The summed E-state index contributed by atoms with van der Waals surface area (Å²) in [4.78, 5) is 2.84. The predicted octanol–water partition coefficient (Wildman–Crippen LogP) is 4.94. The lowest BCUT2D eigenvalue weighted by Crippen LogP contribution is -1.81. The summed E-state index contributed by atoms with van der Waals surface area (Å²) in [6.45, 7) is 0. The third kappa shape index (κ3) is 1.37. The van der Waals surface area contributed by atoms with Crippen molar-refractivity contribution in [3.8, 4) is 10.4 Å². The van der Waals surface area contributed by atoms with Crippen molar-refractivity contribution in [3.63, 3.8) is 0 Å². The highest BCUT2D eigenvalue weighted by Gasteiger charge is 2.23. The van der Waals surface area contributed by atoms with Gasteiger partial charge in [0.1, 0.15) is 0 Å². The van der Waals surface area contributed by atoms with Crippen LogP contribution >= 0.6 is 11.3 Å². The minimum Gasteiger partial charge on any atom is -0.135 e. The van der Waals surface area contributed by atoms with Gasteiger partial charge in [-0.1, -0.05) is 54.6 Å². The first-order valence-corrected chi connectivity index (χ1v) is 7.01. The van der Waals surface area contributed by atoms with E-state index in [4.69, 9.17) is 0 Å². The summed E-state index contributed by atoms with van der Waals surface area (Å²) < 4.78 is 0. The quantitative estimate of drug-likeness (QED) is 0.670. The molecule has 18 heavy (non-hydrogen) atoms. The van der Waals surface area contributed by atoms with E-state index in [1.165, 1.54) is 32.0 Å². The summed E-state index contributed by atoms with van der Waals surface area (Å²) in [5.41, 5.74) is 5.71. The molecule has 0 saturated heterocycles. The average molecular weight is 248 g/mol. The van der Waals surface area contributed by atoms with Crippen LogP contribution in [0.5, 0.6) is 0 Å². The van der Waals surface area contributed by atoms with Gasteiger partial charge in [0.25, 0.3) is 0 Å². The molecule has 0 N–H and O–H groups in total. The summed E-state index contributed by atoms with van der Waals surface area (Å²) in [6.07, 6.45) is 12.1. The molecule has 2 aliphatic rings. The van der Waals surface area contributed by atoms with Crippen molar-refractivity contribution in [1.29, 1.82) is 0 Å². The van der Waals surface area contributed by atoms with E-state index < -0.39 is 0 Å². The van der Waals surface area contributed by atoms with Gasteiger partial charge in [-0.3, -0.25) is 0 Å². The smallest absolute Gasteiger partial charge is 0.0390 e. The zero-order chi connectivity index (χ0) is 11.9. The first kappa shape index (κ1) is 10.1. The molecule has 1 heteroatoms. The van der Waals surface area contributed by atoms with Gasteiger partial charge in [0, 0.05) is 15.3 Å². The van der Waals surface area contributed by atoms with Gasteiger partial charge >= 0.3 is 0 Å². The first-order chi connectivity index (χ1) is 8.93. The molecule has 0 amide bonds.